The van der Waals surface area contributed by atoms with E-state index in [1.54, 1.807) is 25.0 Å². The minimum Gasteiger partial charge on any atom is -0.495 e. The summed E-state index contributed by atoms with van der Waals surface area (Å²) in [5.41, 5.74) is 0. The number of ether oxygens (including phenoxy) is 1. The van der Waals surface area contributed by atoms with Crippen LogP contribution in [0.1, 0.15) is 12.8 Å². The summed E-state index contributed by atoms with van der Waals surface area (Å²) in [6.07, 6.45) is 3.46. The standard InChI is InChI=1S/C11H18BNO5/c1-13-8-10(14)17-12(18-11(15)9-13)6-4-3-5-7-16-2/h4,6H,3,5,7-9H2,1-2H3/b6-4+. The Kier molecular flexibility index (Phi) is 6.45. The van der Waals surface area contributed by atoms with Crippen molar-refractivity contribution < 1.29 is 23.6 Å². The summed E-state index contributed by atoms with van der Waals surface area (Å²) in [5.74, 6) is 0.768. The lowest BCUT2D eigenvalue weighted by molar-refractivity contribution is -0.145. The second-order valence-corrected chi connectivity index (χ2v) is 4.08. The van der Waals surface area contributed by atoms with Crippen molar-refractivity contribution in [3.63, 3.8) is 0 Å². The monoisotopic (exact) mass is 255 g/mol. The fraction of sp³-hybridized carbons (Fsp3) is 0.636. The highest BCUT2D eigenvalue weighted by molar-refractivity contribution is 6.54. The Labute approximate surface area is 107 Å². The third kappa shape index (κ3) is 5.83. The molecule has 0 aromatic carbocycles. The Morgan fingerprint density at radius 2 is 1.94 bits per heavy atom. The molecule has 0 saturated carbocycles. The van der Waals surface area contributed by atoms with E-state index in [9.17, 15) is 9.59 Å². The summed E-state index contributed by atoms with van der Waals surface area (Å²) in [6.45, 7) is 0.839. The maximum absolute atomic E-state index is 11.4. The van der Waals surface area contributed by atoms with E-state index < -0.39 is 19.1 Å². The number of hydrogen-bond acceptors (Lipinski definition) is 6. The van der Waals surface area contributed by atoms with E-state index in [0.717, 1.165) is 12.8 Å². The van der Waals surface area contributed by atoms with Gasteiger partial charge in [0.25, 0.3) is 0 Å². The summed E-state index contributed by atoms with van der Waals surface area (Å²) in [6, 6.07) is 0. The summed E-state index contributed by atoms with van der Waals surface area (Å²) < 4.78 is 14.9. The molecule has 0 aromatic rings. The van der Waals surface area contributed by atoms with Crippen LogP contribution in [0.5, 0.6) is 0 Å². The predicted molar refractivity (Wildman–Crippen MR) is 65.7 cm³/mol. The van der Waals surface area contributed by atoms with Crippen molar-refractivity contribution >= 4 is 19.1 Å². The zero-order valence-corrected chi connectivity index (χ0v) is 10.8. The molecule has 0 N–H and O–H groups in total. The molecule has 1 rings (SSSR count). The number of hydrogen-bond donors (Lipinski definition) is 0. The number of allylic oxidation sites excluding steroid dienone is 1. The largest absolute Gasteiger partial charge is 0.628 e. The van der Waals surface area contributed by atoms with E-state index in [1.165, 1.54) is 0 Å². The smallest absolute Gasteiger partial charge is 0.495 e. The minimum atomic E-state index is -0.916. The number of methoxy groups -OCH3 is 1. The van der Waals surface area contributed by atoms with E-state index in [-0.39, 0.29) is 13.1 Å². The molecule has 1 heterocycles. The predicted octanol–water partition coefficient (Wildman–Crippen LogP) is 0.0284. The lowest BCUT2D eigenvalue weighted by Crippen LogP contribution is -2.41. The van der Waals surface area contributed by atoms with Crippen LogP contribution in [-0.4, -0.2) is 57.8 Å². The lowest BCUT2D eigenvalue weighted by atomic mass is 9.88. The van der Waals surface area contributed by atoms with Crippen molar-refractivity contribution in [1.82, 2.24) is 4.90 Å². The average molecular weight is 255 g/mol. The van der Waals surface area contributed by atoms with Gasteiger partial charge in [-0.3, -0.25) is 14.5 Å². The zero-order chi connectivity index (χ0) is 13.4. The Morgan fingerprint density at radius 3 is 2.50 bits per heavy atom. The molecule has 1 fully saturated rings. The quantitative estimate of drug-likeness (QED) is 0.510. The third-order valence-corrected chi connectivity index (χ3v) is 2.31. The van der Waals surface area contributed by atoms with Crippen molar-refractivity contribution in [2.24, 2.45) is 0 Å². The molecule has 0 spiro atoms. The molecule has 1 aliphatic rings. The van der Waals surface area contributed by atoms with Gasteiger partial charge < -0.3 is 14.0 Å². The fourth-order valence-corrected chi connectivity index (χ4v) is 1.49. The van der Waals surface area contributed by atoms with E-state index in [2.05, 4.69) is 0 Å². The normalized spacial score (nSPS) is 18.4. The first kappa shape index (κ1) is 14.7. The van der Waals surface area contributed by atoms with Crippen LogP contribution in [-0.2, 0) is 23.6 Å². The molecule has 0 radical (unpaired) electrons. The van der Waals surface area contributed by atoms with Gasteiger partial charge in [0.2, 0.25) is 0 Å². The second-order valence-electron chi connectivity index (χ2n) is 4.08. The first-order valence-electron chi connectivity index (χ1n) is 5.85. The molecule has 0 atom stereocenters. The van der Waals surface area contributed by atoms with Crippen molar-refractivity contribution in [2.45, 2.75) is 12.8 Å². The molecule has 1 aliphatic heterocycles. The van der Waals surface area contributed by atoms with E-state index in [4.69, 9.17) is 14.0 Å². The summed E-state index contributed by atoms with van der Waals surface area (Å²) in [4.78, 5) is 24.3. The average Bonchev–Trinajstić information content (AvgIpc) is 2.26. The van der Waals surface area contributed by atoms with Gasteiger partial charge in [-0.1, -0.05) is 6.08 Å². The number of unbranched alkanes of at least 4 members (excludes halogenated alkanes) is 1. The number of likely N-dealkylation sites (N-methyl/N-ethyl adjacent to an activating group) is 1. The van der Waals surface area contributed by atoms with Gasteiger partial charge in [-0.25, -0.2) is 0 Å². The highest BCUT2D eigenvalue weighted by Gasteiger charge is 2.28. The first-order valence-corrected chi connectivity index (χ1v) is 5.85. The van der Waals surface area contributed by atoms with Gasteiger partial charge in [0, 0.05) is 13.7 Å². The number of carbonyl (C=O) groups is 2. The lowest BCUT2D eigenvalue weighted by Gasteiger charge is -2.21. The van der Waals surface area contributed by atoms with Crippen LogP contribution in [0.2, 0.25) is 0 Å². The molecule has 100 valence electrons. The number of rotatable bonds is 5. The van der Waals surface area contributed by atoms with Crippen molar-refractivity contribution in [1.29, 1.82) is 0 Å². The maximum Gasteiger partial charge on any atom is 0.628 e. The Bertz CT molecular complexity index is 301. The van der Waals surface area contributed by atoms with Gasteiger partial charge in [-0.15, -0.1) is 0 Å². The van der Waals surface area contributed by atoms with Gasteiger partial charge >= 0.3 is 19.1 Å². The maximum atomic E-state index is 11.4. The fourth-order valence-electron chi connectivity index (χ4n) is 1.49. The highest BCUT2D eigenvalue weighted by atomic mass is 16.6. The summed E-state index contributed by atoms with van der Waals surface area (Å²) in [5, 5.41) is 0. The minimum absolute atomic E-state index is 0.0864. The van der Waals surface area contributed by atoms with Crippen molar-refractivity contribution in [2.75, 3.05) is 33.9 Å². The number of nitrogens with zero attached hydrogens (tertiary/aromatic N) is 1. The summed E-state index contributed by atoms with van der Waals surface area (Å²) in [7, 11) is 2.38. The van der Waals surface area contributed by atoms with E-state index >= 15 is 0 Å². The van der Waals surface area contributed by atoms with Crippen LogP contribution in [0.15, 0.2) is 12.1 Å². The second kappa shape index (κ2) is 7.89. The van der Waals surface area contributed by atoms with Gasteiger partial charge in [-0.2, -0.15) is 0 Å². The molecular formula is C11H18BNO5. The molecule has 6 nitrogen and oxygen atoms in total. The molecule has 18 heavy (non-hydrogen) atoms. The van der Waals surface area contributed by atoms with Gasteiger partial charge in [-0.05, 0) is 25.9 Å². The van der Waals surface area contributed by atoms with Crippen molar-refractivity contribution in [3.05, 3.63) is 12.1 Å². The van der Waals surface area contributed by atoms with Crippen LogP contribution in [0.4, 0.5) is 0 Å². The van der Waals surface area contributed by atoms with Crippen LogP contribution >= 0.6 is 0 Å². The number of carbonyl (C=O) groups excluding carboxylic acids is 2. The van der Waals surface area contributed by atoms with Gasteiger partial charge in [0.05, 0.1) is 13.1 Å². The molecule has 0 unspecified atom stereocenters. The molecule has 0 aliphatic carbocycles. The Morgan fingerprint density at radius 1 is 1.33 bits per heavy atom. The molecule has 1 saturated heterocycles. The Balaban J connectivity index is 2.42. The molecule has 0 aromatic heterocycles. The van der Waals surface area contributed by atoms with Crippen LogP contribution in [0.25, 0.3) is 0 Å². The van der Waals surface area contributed by atoms with E-state index in [0.29, 0.717) is 6.61 Å². The third-order valence-electron chi connectivity index (χ3n) is 2.31. The SMILES string of the molecule is COCCC/C=C/B1OC(=O)CN(C)CC(=O)O1. The van der Waals surface area contributed by atoms with Crippen LogP contribution in [0, 0.1) is 0 Å². The molecule has 7 heteroatoms. The first-order chi connectivity index (χ1) is 8.61. The van der Waals surface area contributed by atoms with Gasteiger partial charge in [0.1, 0.15) is 0 Å². The highest BCUT2D eigenvalue weighted by Crippen LogP contribution is 2.02. The zero-order valence-electron chi connectivity index (χ0n) is 10.8. The molecule has 0 bridgehead atoms. The molecule has 0 amide bonds. The van der Waals surface area contributed by atoms with E-state index in [1.807, 2.05) is 6.08 Å². The Hall–Kier alpha value is -1.34. The topological polar surface area (TPSA) is 65.1 Å². The van der Waals surface area contributed by atoms with Crippen LogP contribution < -0.4 is 0 Å². The van der Waals surface area contributed by atoms with Crippen molar-refractivity contribution in [3.8, 4) is 0 Å². The van der Waals surface area contributed by atoms with Gasteiger partial charge in [0.15, 0.2) is 0 Å². The molecular weight excluding hydrogens is 237 g/mol. The van der Waals surface area contributed by atoms with Crippen LogP contribution in [0.3, 0.4) is 0 Å². The summed E-state index contributed by atoms with van der Waals surface area (Å²) >= 11 is 0.